The molecule has 0 aromatic heterocycles. The summed E-state index contributed by atoms with van der Waals surface area (Å²) in [5.41, 5.74) is 7.42. The molecule has 0 bridgehead atoms. The normalized spacial score (nSPS) is 11.3. The van der Waals surface area contributed by atoms with E-state index in [1.54, 1.807) is 0 Å². The van der Waals surface area contributed by atoms with Crippen molar-refractivity contribution in [3.8, 4) is 0 Å². The zero-order valence-electron chi connectivity index (χ0n) is 15.1. The first-order valence-electron chi connectivity index (χ1n) is 8.31. The van der Waals surface area contributed by atoms with Crippen LogP contribution in [0.15, 0.2) is 24.3 Å². The predicted octanol–water partition coefficient (Wildman–Crippen LogP) is 1.49. The zero-order valence-corrected chi connectivity index (χ0v) is 15.1. The summed E-state index contributed by atoms with van der Waals surface area (Å²) in [5, 5.41) is 0. The van der Waals surface area contributed by atoms with Crippen molar-refractivity contribution in [3.63, 3.8) is 0 Å². The quantitative estimate of drug-likeness (QED) is 0.710. The summed E-state index contributed by atoms with van der Waals surface area (Å²) in [6.07, 6.45) is 1.98. The minimum Gasteiger partial charge on any atom is -0.339 e. The van der Waals surface area contributed by atoms with E-state index in [-0.39, 0.29) is 5.91 Å². The standard InChI is InChI=1S/C18H32N4O/c1-20(2)11-5-13-22(14-6-12-21(3)4)18(23)17-9-7-16(15-19)8-10-17/h7-10H,5-6,11-15,19H2,1-4H3. The lowest BCUT2D eigenvalue weighted by Gasteiger charge is -2.24. The van der Waals surface area contributed by atoms with E-state index in [1.807, 2.05) is 29.2 Å². The van der Waals surface area contributed by atoms with Crippen molar-refractivity contribution >= 4 is 5.91 Å². The third kappa shape index (κ3) is 7.59. The van der Waals surface area contributed by atoms with Crippen LogP contribution in [-0.4, -0.2) is 75.0 Å². The fourth-order valence-corrected chi connectivity index (χ4v) is 2.44. The van der Waals surface area contributed by atoms with E-state index in [9.17, 15) is 4.79 Å². The van der Waals surface area contributed by atoms with Crippen molar-refractivity contribution in [2.45, 2.75) is 19.4 Å². The highest BCUT2D eigenvalue weighted by Gasteiger charge is 2.15. The van der Waals surface area contributed by atoms with Crippen LogP contribution in [0.1, 0.15) is 28.8 Å². The van der Waals surface area contributed by atoms with Crippen LogP contribution in [0.25, 0.3) is 0 Å². The topological polar surface area (TPSA) is 52.8 Å². The Kier molecular flexibility index (Phi) is 8.84. The van der Waals surface area contributed by atoms with Crippen molar-refractivity contribution in [1.29, 1.82) is 0 Å². The highest BCUT2D eigenvalue weighted by Crippen LogP contribution is 2.09. The second kappa shape index (κ2) is 10.4. The number of amides is 1. The monoisotopic (exact) mass is 320 g/mol. The van der Waals surface area contributed by atoms with Gasteiger partial charge in [0.1, 0.15) is 0 Å². The van der Waals surface area contributed by atoms with Crippen molar-refractivity contribution in [3.05, 3.63) is 35.4 Å². The van der Waals surface area contributed by atoms with Crippen LogP contribution in [0, 0.1) is 0 Å². The van der Waals surface area contributed by atoms with Gasteiger partial charge in [-0.25, -0.2) is 0 Å². The van der Waals surface area contributed by atoms with Crippen LogP contribution in [0.5, 0.6) is 0 Å². The van der Waals surface area contributed by atoms with E-state index in [0.29, 0.717) is 6.54 Å². The Bertz CT molecular complexity index is 443. The van der Waals surface area contributed by atoms with Gasteiger partial charge >= 0.3 is 0 Å². The van der Waals surface area contributed by atoms with Gasteiger partial charge in [-0.2, -0.15) is 0 Å². The van der Waals surface area contributed by atoms with E-state index in [1.165, 1.54) is 0 Å². The van der Waals surface area contributed by atoms with Crippen molar-refractivity contribution in [2.75, 3.05) is 54.4 Å². The Morgan fingerprint density at radius 3 is 1.74 bits per heavy atom. The predicted molar refractivity (Wildman–Crippen MR) is 96.6 cm³/mol. The third-order valence-electron chi connectivity index (χ3n) is 3.79. The van der Waals surface area contributed by atoms with Crippen molar-refractivity contribution in [2.24, 2.45) is 5.73 Å². The maximum atomic E-state index is 12.8. The molecule has 1 rings (SSSR count). The SMILES string of the molecule is CN(C)CCCN(CCCN(C)C)C(=O)c1ccc(CN)cc1. The lowest BCUT2D eigenvalue weighted by Crippen LogP contribution is -2.35. The molecule has 2 N–H and O–H groups in total. The van der Waals surface area contributed by atoms with Crippen molar-refractivity contribution in [1.82, 2.24) is 14.7 Å². The summed E-state index contributed by atoms with van der Waals surface area (Å²) >= 11 is 0. The first-order valence-corrected chi connectivity index (χ1v) is 8.31. The van der Waals surface area contributed by atoms with E-state index in [2.05, 4.69) is 38.0 Å². The first-order chi connectivity index (χ1) is 10.9. The van der Waals surface area contributed by atoms with Crippen LogP contribution in [0.3, 0.4) is 0 Å². The lowest BCUT2D eigenvalue weighted by molar-refractivity contribution is 0.0744. The van der Waals surface area contributed by atoms with Crippen LogP contribution < -0.4 is 5.73 Å². The maximum Gasteiger partial charge on any atom is 0.253 e. The summed E-state index contributed by atoms with van der Waals surface area (Å²) in [6, 6.07) is 7.64. The molecular weight excluding hydrogens is 288 g/mol. The molecule has 0 saturated carbocycles. The van der Waals surface area contributed by atoms with Gasteiger partial charge in [0, 0.05) is 25.2 Å². The van der Waals surface area contributed by atoms with Crippen LogP contribution >= 0.6 is 0 Å². The molecule has 0 aliphatic rings. The minimum atomic E-state index is 0.117. The smallest absolute Gasteiger partial charge is 0.253 e. The Balaban J connectivity index is 2.68. The Hall–Kier alpha value is -1.43. The third-order valence-corrected chi connectivity index (χ3v) is 3.79. The molecule has 0 unspecified atom stereocenters. The summed E-state index contributed by atoms with van der Waals surface area (Å²) in [7, 11) is 8.24. The van der Waals surface area contributed by atoms with Gasteiger partial charge in [-0.3, -0.25) is 4.79 Å². The second-order valence-electron chi connectivity index (χ2n) is 6.51. The molecule has 0 spiro atoms. The molecule has 0 radical (unpaired) electrons. The fraction of sp³-hybridized carbons (Fsp3) is 0.611. The summed E-state index contributed by atoms with van der Waals surface area (Å²) < 4.78 is 0. The molecule has 0 heterocycles. The average molecular weight is 320 g/mol. The number of carbonyl (C=O) groups excluding carboxylic acids is 1. The van der Waals surface area contributed by atoms with Gasteiger partial charge in [0.25, 0.3) is 5.91 Å². The van der Waals surface area contributed by atoms with Crippen LogP contribution in [0.4, 0.5) is 0 Å². The van der Waals surface area contributed by atoms with E-state index >= 15 is 0 Å². The first kappa shape index (κ1) is 19.6. The molecular formula is C18H32N4O. The molecule has 23 heavy (non-hydrogen) atoms. The van der Waals surface area contributed by atoms with E-state index in [4.69, 9.17) is 5.73 Å². The van der Waals surface area contributed by atoms with Crippen LogP contribution in [-0.2, 0) is 6.54 Å². The highest BCUT2D eigenvalue weighted by molar-refractivity contribution is 5.94. The Morgan fingerprint density at radius 1 is 0.870 bits per heavy atom. The molecule has 0 saturated heterocycles. The molecule has 0 atom stereocenters. The Morgan fingerprint density at radius 2 is 1.35 bits per heavy atom. The molecule has 0 aliphatic heterocycles. The van der Waals surface area contributed by atoms with Gasteiger partial charge < -0.3 is 20.4 Å². The maximum absolute atomic E-state index is 12.8. The summed E-state index contributed by atoms with van der Waals surface area (Å²) in [5.74, 6) is 0.117. The lowest BCUT2D eigenvalue weighted by atomic mass is 10.1. The average Bonchev–Trinajstić information content (AvgIpc) is 2.52. The van der Waals surface area contributed by atoms with Gasteiger partial charge in [0.2, 0.25) is 0 Å². The number of benzene rings is 1. The van der Waals surface area contributed by atoms with E-state index in [0.717, 1.165) is 50.1 Å². The number of nitrogens with zero attached hydrogens (tertiary/aromatic N) is 3. The van der Waals surface area contributed by atoms with Gasteiger partial charge in [-0.1, -0.05) is 12.1 Å². The molecule has 5 heteroatoms. The minimum absolute atomic E-state index is 0.117. The van der Waals surface area contributed by atoms with Gasteiger partial charge in [-0.15, -0.1) is 0 Å². The largest absolute Gasteiger partial charge is 0.339 e. The molecule has 0 fully saturated rings. The van der Waals surface area contributed by atoms with Gasteiger partial charge in [0.05, 0.1) is 0 Å². The number of hydrogen-bond donors (Lipinski definition) is 1. The second-order valence-corrected chi connectivity index (χ2v) is 6.51. The molecule has 1 amide bonds. The number of hydrogen-bond acceptors (Lipinski definition) is 4. The molecule has 0 aliphatic carbocycles. The molecule has 130 valence electrons. The number of rotatable bonds is 10. The van der Waals surface area contributed by atoms with Gasteiger partial charge in [-0.05, 0) is 71.8 Å². The van der Waals surface area contributed by atoms with Gasteiger partial charge in [0.15, 0.2) is 0 Å². The van der Waals surface area contributed by atoms with E-state index < -0.39 is 0 Å². The number of nitrogens with two attached hydrogens (primary N) is 1. The fourth-order valence-electron chi connectivity index (χ4n) is 2.44. The number of carbonyl (C=O) groups is 1. The van der Waals surface area contributed by atoms with Crippen molar-refractivity contribution < 1.29 is 4.79 Å². The Labute approximate surface area is 141 Å². The highest BCUT2D eigenvalue weighted by atomic mass is 16.2. The zero-order chi connectivity index (χ0) is 17.2. The molecule has 5 nitrogen and oxygen atoms in total. The van der Waals surface area contributed by atoms with Crippen LogP contribution in [0.2, 0.25) is 0 Å². The molecule has 1 aromatic rings. The summed E-state index contributed by atoms with van der Waals surface area (Å²) in [6.45, 7) is 4.07. The molecule has 1 aromatic carbocycles. The summed E-state index contributed by atoms with van der Waals surface area (Å²) in [4.78, 5) is 19.0.